The molecular weight excluding hydrogens is 318 g/mol. The Kier molecular flexibility index (Phi) is 5.39. The second-order valence-corrected chi connectivity index (χ2v) is 6.17. The van der Waals surface area contributed by atoms with Gasteiger partial charge in [-0.15, -0.1) is 0 Å². The van der Waals surface area contributed by atoms with Crippen LogP contribution in [0.2, 0.25) is 5.02 Å². The van der Waals surface area contributed by atoms with Crippen molar-refractivity contribution in [2.75, 3.05) is 5.32 Å². The second kappa shape index (κ2) is 7.89. The van der Waals surface area contributed by atoms with Crippen molar-refractivity contribution >= 4 is 17.3 Å². The number of ether oxygens (including phenoxy) is 1. The fourth-order valence-electron chi connectivity index (χ4n) is 2.47. The topological polar surface area (TPSA) is 21.3 Å². The molecule has 0 amide bonds. The molecular formula is C21H20ClNO. The summed E-state index contributed by atoms with van der Waals surface area (Å²) in [6.45, 7) is 3.32. The lowest BCUT2D eigenvalue weighted by atomic mass is 10.2. The summed E-state index contributed by atoms with van der Waals surface area (Å²) in [5, 5.41) is 4.04. The van der Waals surface area contributed by atoms with E-state index in [4.69, 9.17) is 16.3 Å². The van der Waals surface area contributed by atoms with Crippen molar-refractivity contribution in [2.45, 2.75) is 20.1 Å². The van der Waals surface area contributed by atoms with Crippen LogP contribution in [-0.2, 0) is 13.2 Å². The van der Waals surface area contributed by atoms with Crippen LogP contribution in [0.15, 0.2) is 72.8 Å². The summed E-state index contributed by atoms with van der Waals surface area (Å²) < 4.78 is 5.80. The molecule has 0 spiro atoms. The van der Waals surface area contributed by atoms with Gasteiger partial charge in [0.15, 0.2) is 0 Å². The lowest BCUT2D eigenvalue weighted by molar-refractivity contribution is 0.306. The van der Waals surface area contributed by atoms with Gasteiger partial charge in [0, 0.05) is 12.2 Å². The number of hydrogen-bond donors (Lipinski definition) is 1. The quantitative estimate of drug-likeness (QED) is 0.610. The third-order valence-corrected chi connectivity index (χ3v) is 4.04. The zero-order valence-corrected chi connectivity index (χ0v) is 14.4. The molecule has 0 aliphatic heterocycles. The summed E-state index contributed by atoms with van der Waals surface area (Å²) in [6, 6.07) is 24.3. The molecule has 0 saturated heterocycles. The van der Waals surface area contributed by atoms with E-state index in [0.717, 1.165) is 23.4 Å². The van der Waals surface area contributed by atoms with Crippen molar-refractivity contribution in [2.24, 2.45) is 0 Å². The van der Waals surface area contributed by atoms with Gasteiger partial charge in [-0.25, -0.2) is 0 Å². The van der Waals surface area contributed by atoms with E-state index in [1.165, 1.54) is 5.56 Å². The van der Waals surface area contributed by atoms with Crippen molar-refractivity contribution in [1.29, 1.82) is 0 Å². The molecule has 0 fully saturated rings. The van der Waals surface area contributed by atoms with Crippen molar-refractivity contribution in [1.82, 2.24) is 0 Å². The molecule has 3 aromatic carbocycles. The molecule has 0 aliphatic rings. The highest BCUT2D eigenvalue weighted by Gasteiger charge is 2.04. The van der Waals surface area contributed by atoms with E-state index in [2.05, 4.69) is 30.4 Å². The van der Waals surface area contributed by atoms with Gasteiger partial charge in [-0.3, -0.25) is 0 Å². The molecule has 0 bridgehead atoms. The highest BCUT2D eigenvalue weighted by molar-refractivity contribution is 6.32. The van der Waals surface area contributed by atoms with Crippen molar-refractivity contribution in [3.8, 4) is 5.75 Å². The van der Waals surface area contributed by atoms with Crippen LogP contribution in [0.4, 0.5) is 5.69 Å². The van der Waals surface area contributed by atoms with E-state index in [9.17, 15) is 0 Å². The number of nitrogens with one attached hydrogen (secondary N) is 1. The van der Waals surface area contributed by atoms with Crippen LogP contribution < -0.4 is 10.1 Å². The Morgan fingerprint density at radius 2 is 1.71 bits per heavy atom. The Hall–Kier alpha value is -2.45. The van der Waals surface area contributed by atoms with E-state index in [1.807, 2.05) is 54.6 Å². The predicted molar refractivity (Wildman–Crippen MR) is 101 cm³/mol. The molecule has 24 heavy (non-hydrogen) atoms. The summed E-state index contributed by atoms with van der Waals surface area (Å²) in [5.41, 5.74) is 4.59. The van der Waals surface area contributed by atoms with E-state index < -0.39 is 0 Å². The number of rotatable bonds is 6. The average molecular weight is 338 g/mol. The third kappa shape index (κ3) is 4.53. The summed E-state index contributed by atoms with van der Waals surface area (Å²) in [5.74, 6) is 0.708. The van der Waals surface area contributed by atoms with E-state index >= 15 is 0 Å². The summed E-state index contributed by atoms with van der Waals surface area (Å²) in [7, 11) is 0. The highest BCUT2D eigenvalue weighted by Crippen LogP contribution is 2.26. The highest BCUT2D eigenvalue weighted by atomic mass is 35.5. The van der Waals surface area contributed by atoms with Gasteiger partial charge < -0.3 is 10.1 Å². The van der Waals surface area contributed by atoms with Gasteiger partial charge in [0.1, 0.15) is 12.4 Å². The average Bonchev–Trinajstić information content (AvgIpc) is 2.60. The molecule has 0 atom stereocenters. The SMILES string of the molecule is Cc1cccc(NCc2ccc(OCc3ccccc3)c(Cl)c2)c1. The largest absolute Gasteiger partial charge is 0.487 e. The molecule has 122 valence electrons. The summed E-state index contributed by atoms with van der Waals surface area (Å²) in [6.07, 6.45) is 0. The molecule has 0 aromatic heterocycles. The van der Waals surface area contributed by atoms with E-state index in [-0.39, 0.29) is 0 Å². The van der Waals surface area contributed by atoms with Gasteiger partial charge in [0.2, 0.25) is 0 Å². The van der Waals surface area contributed by atoms with Crippen LogP contribution in [0.3, 0.4) is 0 Å². The van der Waals surface area contributed by atoms with Gasteiger partial charge in [0.25, 0.3) is 0 Å². The fourth-order valence-corrected chi connectivity index (χ4v) is 2.72. The smallest absolute Gasteiger partial charge is 0.138 e. The van der Waals surface area contributed by atoms with Crippen LogP contribution in [-0.4, -0.2) is 0 Å². The number of hydrogen-bond acceptors (Lipinski definition) is 2. The van der Waals surface area contributed by atoms with Crippen LogP contribution in [0, 0.1) is 6.92 Å². The van der Waals surface area contributed by atoms with Gasteiger partial charge in [0.05, 0.1) is 5.02 Å². The Labute approximate surface area is 148 Å². The van der Waals surface area contributed by atoms with Gasteiger partial charge in [-0.1, -0.05) is 60.1 Å². The van der Waals surface area contributed by atoms with Gasteiger partial charge in [-0.2, -0.15) is 0 Å². The molecule has 0 radical (unpaired) electrons. The maximum absolute atomic E-state index is 6.35. The molecule has 1 N–H and O–H groups in total. The Bertz CT molecular complexity index is 802. The Balaban J connectivity index is 1.60. The molecule has 0 aliphatic carbocycles. The molecule has 0 saturated carbocycles. The standard InChI is InChI=1S/C21H20ClNO/c1-16-6-5-9-19(12-16)23-14-18-10-11-21(20(22)13-18)24-15-17-7-3-2-4-8-17/h2-13,23H,14-15H2,1H3. The number of aryl methyl sites for hydroxylation is 1. The minimum Gasteiger partial charge on any atom is -0.487 e. The molecule has 3 rings (SSSR count). The van der Waals surface area contributed by atoms with E-state index in [1.54, 1.807) is 0 Å². The Morgan fingerprint density at radius 1 is 0.875 bits per heavy atom. The van der Waals surface area contributed by atoms with Crippen LogP contribution in [0.1, 0.15) is 16.7 Å². The number of anilines is 1. The second-order valence-electron chi connectivity index (χ2n) is 5.76. The monoisotopic (exact) mass is 337 g/mol. The normalized spacial score (nSPS) is 10.4. The first-order chi connectivity index (χ1) is 11.7. The van der Waals surface area contributed by atoms with E-state index in [0.29, 0.717) is 17.4 Å². The maximum atomic E-state index is 6.35. The predicted octanol–water partition coefficient (Wildman–Crippen LogP) is 5.84. The van der Waals surface area contributed by atoms with Crippen molar-refractivity contribution in [3.05, 3.63) is 94.5 Å². The van der Waals surface area contributed by atoms with Gasteiger partial charge in [-0.05, 0) is 47.9 Å². The van der Waals surface area contributed by atoms with Crippen molar-refractivity contribution in [3.63, 3.8) is 0 Å². The third-order valence-electron chi connectivity index (χ3n) is 3.75. The first kappa shape index (κ1) is 16.4. The molecule has 2 nitrogen and oxygen atoms in total. The number of benzene rings is 3. The molecule has 0 unspecified atom stereocenters. The molecule has 3 heteroatoms. The lowest BCUT2D eigenvalue weighted by Gasteiger charge is -2.11. The van der Waals surface area contributed by atoms with Crippen LogP contribution in [0.25, 0.3) is 0 Å². The van der Waals surface area contributed by atoms with Crippen molar-refractivity contribution < 1.29 is 4.74 Å². The number of halogens is 1. The summed E-state index contributed by atoms with van der Waals surface area (Å²) in [4.78, 5) is 0. The molecule has 3 aromatic rings. The maximum Gasteiger partial charge on any atom is 0.138 e. The first-order valence-electron chi connectivity index (χ1n) is 7.96. The minimum absolute atomic E-state index is 0.515. The van der Waals surface area contributed by atoms with Gasteiger partial charge >= 0.3 is 0 Å². The zero-order valence-electron chi connectivity index (χ0n) is 13.6. The minimum atomic E-state index is 0.515. The van der Waals surface area contributed by atoms with Crippen LogP contribution in [0.5, 0.6) is 5.75 Å². The van der Waals surface area contributed by atoms with Crippen LogP contribution >= 0.6 is 11.6 Å². The Morgan fingerprint density at radius 3 is 2.46 bits per heavy atom. The zero-order chi connectivity index (χ0) is 16.8. The fraction of sp³-hybridized carbons (Fsp3) is 0.143. The first-order valence-corrected chi connectivity index (χ1v) is 8.34. The molecule has 0 heterocycles. The lowest BCUT2D eigenvalue weighted by Crippen LogP contribution is -2.00. The summed E-state index contributed by atoms with van der Waals surface area (Å²) >= 11 is 6.35.